The topological polar surface area (TPSA) is 0 Å². The molecule has 0 unspecified atom stereocenters. The van der Waals surface area contributed by atoms with Crippen molar-refractivity contribution >= 4 is 81.2 Å². The smallest absolute Gasteiger partial charge is 0.0809 e. The van der Waals surface area contributed by atoms with E-state index >= 15 is 0 Å². The number of benzene rings is 2. The highest BCUT2D eigenvalue weighted by Gasteiger charge is 2.20. The highest BCUT2D eigenvalue weighted by molar-refractivity contribution is 6.56. The number of rotatable bonds is 2. The van der Waals surface area contributed by atoms with Crippen molar-refractivity contribution in [3.05, 3.63) is 53.9 Å². The first-order chi connectivity index (χ1) is 9.38. The van der Waals surface area contributed by atoms with Crippen LogP contribution in [0.4, 0.5) is 0 Å². The fourth-order valence-corrected chi connectivity index (χ4v) is 3.57. The van der Waals surface area contributed by atoms with Crippen LogP contribution in [-0.4, -0.2) is 0 Å². The third-order valence-corrected chi connectivity index (χ3v) is 5.61. The average Bonchev–Trinajstić information content (AvgIpc) is 2.43. The third kappa shape index (κ3) is 2.98. The van der Waals surface area contributed by atoms with Crippen LogP contribution in [0, 0.1) is 0 Å². The minimum absolute atomic E-state index is 0.121. The van der Waals surface area contributed by atoms with Crippen molar-refractivity contribution in [1.29, 1.82) is 0 Å². The Labute approximate surface area is 151 Å². The molecule has 0 aliphatic heterocycles. The van der Waals surface area contributed by atoms with Gasteiger partial charge in [-0.15, -0.1) is 11.6 Å². The van der Waals surface area contributed by atoms with E-state index in [0.717, 1.165) is 5.56 Å². The van der Waals surface area contributed by atoms with Gasteiger partial charge in [-0.25, -0.2) is 0 Å². The lowest BCUT2D eigenvalue weighted by molar-refractivity contribution is 1.40. The average molecular weight is 409 g/mol. The molecule has 0 radical (unpaired) electrons. The Balaban J connectivity index is 2.73. The standard InChI is InChI=1S/C13H5Cl7/c14-4-6-2-1-5(3-7(6)15)8-9(16)11(18)13(20)12(19)10(8)17/h1-3H,4H2. The Kier molecular flexibility index (Phi) is 5.64. The van der Waals surface area contributed by atoms with Crippen LogP contribution in [0.2, 0.25) is 30.1 Å². The maximum Gasteiger partial charge on any atom is 0.0809 e. The molecule has 0 bridgehead atoms. The summed E-state index contributed by atoms with van der Waals surface area (Å²) in [5.74, 6) is 0.308. The van der Waals surface area contributed by atoms with Gasteiger partial charge in [0.05, 0.1) is 25.1 Å². The van der Waals surface area contributed by atoms with Crippen molar-refractivity contribution in [1.82, 2.24) is 0 Å². The fraction of sp³-hybridized carbons (Fsp3) is 0.0769. The molecule has 0 saturated carbocycles. The second-order valence-corrected chi connectivity index (χ2v) is 6.45. The Morgan fingerprint density at radius 2 is 1.20 bits per heavy atom. The van der Waals surface area contributed by atoms with Crippen molar-refractivity contribution in [2.45, 2.75) is 5.88 Å². The van der Waals surface area contributed by atoms with E-state index in [9.17, 15) is 0 Å². The summed E-state index contributed by atoms with van der Waals surface area (Å²) in [4.78, 5) is 0. The number of hydrogen-bond donors (Lipinski definition) is 0. The van der Waals surface area contributed by atoms with Crippen molar-refractivity contribution in [2.75, 3.05) is 0 Å². The largest absolute Gasteiger partial charge is 0.121 e. The van der Waals surface area contributed by atoms with Gasteiger partial charge in [-0.3, -0.25) is 0 Å². The molecule has 7 heteroatoms. The molecule has 0 atom stereocenters. The fourth-order valence-electron chi connectivity index (χ4n) is 1.67. The van der Waals surface area contributed by atoms with E-state index in [2.05, 4.69) is 0 Å². The van der Waals surface area contributed by atoms with E-state index in [-0.39, 0.29) is 25.1 Å². The van der Waals surface area contributed by atoms with Gasteiger partial charge in [0.15, 0.2) is 0 Å². The van der Waals surface area contributed by atoms with Crippen molar-refractivity contribution in [3.8, 4) is 11.1 Å². The van der Waals surface area contributed by atoms with Crippen LogP contribution < -0.4 is 0 Å². The van der Waals surface area contributed by atoms with Gasteiger partial charge in [0.1, 0.15) is 0 Å². The first-order valence-corrected chi connectivity index (χ1v) is 8.05. The first-order valence-electron chi connectivity index (χ1n) is 5.24. The normalized spacial score (nSPS) is 10.9. The number of halogens is 7. The zero-order chi connectivity index (χ0) is 15.0. The lowest BCUT2D eigenvalue weighted by Gasteiger charge is -2.13. The van der Waals surface area contributed by atoms with Crippen LogP contribution in [0.1, 0.15) is 5.56 Å². The van der Waals surface area contributed by atoms with Crippen LogP contribution in [-0.2, 0) is 5.88 Å². The molecule has 0 N–H and O–H groups in total. The maximum atomic E-state index is 6.21. The minimum Gasteiger partial charge on any atom is -0.121 e. The van der Waals surface area contributed by atoms with Crippen LogP contribution in [0.15, 0.2) is 18.2 Å². The zero-order valence-electron chi connectivity index (χ0n) is 9.58. The van der Waals surface area contributed by atoms with E-state index in [4.69, 9.17) is 81.2 Å². The van der Waals surface area contributed by atoms with Crippen LogP contribution in [0.3, 0.4) is 0 Å². The zero-order valence-corrected chi connectivity index (χ0v) is 14.9. The lowest BCUT2D eigenvalue weighted by atomic mass is 10.0. The molecule has 0 aliphatic carbocycles. The van der Waals surface area contributed by atoms with Gasteiger partial charge in [0.2, 0.25) is 0 Å². The van der Waals surface area contributed by atoms with Crippen LogP contribution in [0.5, 0.6) is 0 Å². The summed E-state index contributed by atoms with van der Waals surface area (Å²) in [6.45, 7) is 0. The summed E-state index contributed by atoms with van der Waals surface area (Å²) < 4.78 is 0. The Morgan fingerprint density at radius 3 is 1.65 bits per heavy atom. The van der Waals surface area contributed by atoms with Crippen LogP contribution in [0.25, 0.3) is 11.1 Å². The van der Waals surface area contributed by atoms with Gasteiger partial charge in [0, 0.05) is 16.5 Å². The summed E-state index contributed by atoms with van der Waals surface area (Å²) >= 11 is 42.4. The molecule has 106 valence electrons. The highest BCUT2D eigenvalue weighted by Crippen LogP contribution is 2.48. The van der Waals surface area contributed by atoms with Gasteiger partial charge in [-0.05, 0) is 17.2 Å². The predicted octanol–water partition coefficient (Wildman–Crippen LogP) is 8.01. The summed E-state index contributed by atoms with van der Waals surface area (Å²) in [5.41, 5.74) is 1.96. The molecule has 0 aliphatic rings. The molecule has 2 aromatic rings. The van der Waals surface area contributed by atoms with Crippen LogP contribution >= 0.6 is 81.2 Å². The summed E-state index contributed by atoms with van der Waals surface area (Å²) in [7, 11) is 0. The van der Waals surface area contributed by atoms with Gasteiger partial charge in [0.25, 0.3) is 0 Å². The predicted molar refractivity (Wildman–Crippen MR) is 91.5 cm³/mol. The van der Waals surface area contributed by atoms with Gasteiger partial charge in [-0.2, -0.15) is 0 Å². The molecule has 0 heterocycles. The summed E-state index contributed by atoms with van der Waals surface area (Å²) in [6.07, 6.45) is 0. The molecular weight excluding hydrogens is 404 g/mol. The number of alkyl halides is 1. The Bertz CT molecular complexity index is 650. The number of hydrogen-bond acceptors (Lipinski definition) is 0. The van der Waals surface area contributed by atoms with Crippen molar-refractivity contribution < 1.29 is 0 Å². The molecule has 20 heavy (non-hydrogen) atoms. The molecule has 0 amide bonds. The van der Waals surface area contributed by atoms with E-state index in [1.54, 1.807) is 18.2 Å². The van der Waals surface area contributed by atoms with E-state index < -0.39 is 0 Å². The molecule has 0 nitrogen and oxygen atoms in total. The summed E-state index contributed by atoms with van der Waals surface area (Å²) in [6, 6.07) is 5.28. The molecule has 0 aromatic heterocycles. The third-order valence-electron chi connectivity index (χ3n) is 2.70. The minimum atomic E-state index is 0.121. The first kappa shape index (κ1) is 16.8. The quantitative estimate of drug-likeness (QED) is 0.268. The Hall–Kier alpha value is 0.470. The molecule has 0 spiro atoms. The van der Waals surface area contributed by atoms with Crippen molar-refractivity contribution in [3.63, 3.8) is 0 Å². The molecule has 0 fully saturated rings. The second-order valence-electron chi connectivity index (χ2n) is 3.88. The molecular formula is C13H5Cl7. The monoisotopic (exact) mass is 406 g/mol. The second kappa shape index (κ2) is 6.71. The van der Waals surface area contributed by atoms with Gasteiger partial charge >= 0.3 is 0 Å². The Morgan fingerprint density at radius 1 is 0.700 bits per heavy atom. The van der Waals surface area contributed by atoms with E-state index in [0.29, 0.717) is 22.0 Å². The lowest BCUT2D eigenvalue weighted by Crippen LogP contribution is -1.88. The molecule has 2 rings (SSSR count). The SMILES string of the molecule is ClCc1ccc(-c2c(Cl)c(Cl)c(Cl)c(Cl)c2Cl)cc1Cl. The van der Waals surface area contributed by atoms with Gasteiger partial charge < -0.3 is 0 Å². The highest BCUT2D eigenvalue weighted by atomic mass is 35.5. The van der Waals surface area contributed by atoms with Gasteiger partial charge in [-0.1, -0.05) is 81.7 Å². The summed E-state index contributed by atoms with van der Waals surface area (Å²) in [5, 5.41) is 1.37. The molecule has 0 saturated heterocycles. The maximum absolute atomic E-state index is 6.21. The molecule has 2 aromatic carbocycles. The van der Waals surface area contributed by atoms with E-state index in [1.807, 2.05) is 0 Å². The van der Waals surface area contributed by atoms with Crippen molar-refractivity contribution in [2.24, 2.45) is 0 Å². The van der Waals surface area contributed by atoms with E-state index in [1.165, 1.54) is 0 Å².